The number of hydrogen-bond donors (Lipinski definition) is 2. The maximum atomic E-state index is 5.82. The van der Waals surface area contributed by atoms with Crippen LogP contribution in [-0.4, -0.2) is 26.3 Å². The van der Waals surface area contributed by atoms with Crippen molar-refractivity contribution in [2.45, 2.75) is 6.42 Å². The Labute approximate surface area is 107 Å². The molecule has 17 heavy (non-hydrogen) atoms. The topological polar surface area (TPSA) is 81.7 Å². The molecule has 2 aromatic rings. The van der Waals surface area contributed by atoms with Crippen LogP contribution in [-0.2, 0) is 13.5 Å². The van der Waals surface area contributed by atoms with E-state index < -0.39 is 0 Å². The molecule has 0 aliphatic carbocycles. The molecule has 0 aromatic carbocycles. The van der Waals surface area contributed by atoms with Crippen molar-refractivity contribution in [1.82, 2.24) is 19.7 Å². The van der Waals surface area contributed by atoms with Gasteiger partial charge < -0.3 is 15.6 Å². The van der Waals surface area contributed by atoms with Crippen LogP contribution in [0.4, 0.5) is 11.5 Å². The smallest absolute Gasteiger partial charge is 0.149 e. The first-order valence-corrected chi connectivity index (χ1v) is 5.94. The van der Waals surface area contributed by atoms with Gasteiger partial charge in [0.05, 0.1) is 5.69 Å². The van der Waals surface area contributed by atoms with Crippen molar-refractivity contribution in [2.75, 3.05) is 17.6 Å². The van der Waals surface area contributed by atoms with Crippen molar-refractivity contribution in [2.24, 2.45) is 7.05 Å². The predicted octanol–water partition coefficient (Wildman–Crippen LogP) is 1.21. The van der Waals surface area contributed by atoms with Gasteiger partial charge in [-0.05, 0) is 22.0 Å². The fourth-order valence-corrected chi connectivity index (χ4v) is 1.78. The summed E-state index contributed by atoms with van der Waals surface area (Å²) >= 11 is 3.31. The summed E-state index contributed by atoms with van der Waals surface area (Å²) in [5.41, 5.74) is 6.45. The number of rotatable bonds is 4. The molecule has 0 spiro atoms. The second-order valence-electron chi connectivity index (χ2n) is 3.63. The zero-order valence-corrected chi connectivity index (χ0v) is 11.0. The molecule has 0 saturated carbocycles. The molecule has 0 radical (unpaired) electrons. The Kier molecular flexibility index (Phi) is 3.58. The molecule has 2 rings (SSSR count). The second kappa shape index (κ2) is 5.13. The highest BCUT2D eigenvalue weighted by molar-refractivity contribution is 9.10. The van der Waals surface area contributed by atoms with Crippen LogP contribution in [0, 0.1) is 0 Å². The van der Waals surface area contributed by atoms with Gasteiger partial charge in [0.15, 0.2) is 0 Å². The van der Waals surface area contributed by atoms with E-state index in [9.17, 15) is 0 Å². The van der Waals surface area contributed by atoms with Crippen molar-refractivity contribution in [3.63, 3.8) is 0 Å². The van der Waals surface area contributed by atoms with Gasteiger partial charge in [-0.3, -0.25) is 0 Å². The summed E-state index contributed by atoms with van der Waals surface area (Å²) in [6.07, 6.45) is 4.16. The number of nitrogens with two attached hydrogens (primary N) is 1. The predicted molar refractivity (Wildman–Crippen MR) is 69.5 cm³/mol. The summed E-state index contributed by atoms with van der Waals surface area (Å²) in [5.74, 6) is 1.61. The van der Waals surface area contributed by atoms with E-state index in [1.54, 1.807) is 12.5 Å². The molecular weight excluding hydrogens is 284 g/mol. The van der Waals surface area contributed by atoms with Crippen LogP contribution < -0.4 is 11.1 Å². The Morgan fingerprint density at radius 3 is 3.00 bits per heavy atom. The third-order valence-corrected chi connectivity index (χ3v) is 2.76. The van der Waals surface area contributed by atoms with E-state index in [1.165, 1.54) is 0 Å². The third-order valence-electron chi connectivity index (χ3n) is 2.33. The maximum absolute atomic E-state index is 5.82. The molecule has 2 heterocycles. The Bertz CT molecular complexity index is 509. The lowest BCUT2D eigenvalue weighted by molar-refractivity contribution is 0.787. The van der Waals surface area contributed by atoms with Crippen LogP contribution in [0.25, 0.3) is 0 Å². The molecule has 0 aliphatic rings. The molecule has 0 amide bonds. The zero-order chi connectivity index (χ0) is 12.3. The third kappa shape index (κ3) is 2.94. The lowest BCUT2D eigenvalue weighted by Gasteiger charge is -2.07. The van der Waals surface area contributed by atoms with Crippen molar-refractivity contribution in [3.8, 4) is 0 Å². The normalized spacial score (nSPS) is 10.5. The summed E-state index contributed by atoms with van der Waals surface area (Å²) in [5, 5.41) is 11.0. The number of pyridine rings is 1. The first kappa shape index (κ1) is 11.8. The van der Waals surface area contributed by atoms with Crippen LogP contribution in [0.1, 0.15) is 5.82 Å². The van der Waals surface area contributed by atoms with E-state index in [0.29, 0.717) is 18.1 Å². The van der Waals surface area contributed by atoms with E-state index in [4.69, 9.17) is 5.73 Å². The van der Waals surface area contributed by atoms with Gasteiger partial charge in [-0.15, -0.1) is 10.2 Å². The highest BCUT2D eigenvalue weighted by atomic mass is 79.9. The van der Waals surface area contributed by atoms with Crippen molar-refractivity contribution < 1.29 is 0 Å². The second-order valence-corrected chi connectivity index (χ2v) is 4.54. The van der Waals surface area contributed by atoms with Crippen molar-refractivity contribution in [3.05, 3.63) is 28.9 Å². The first-order chi connectivity index (χ1) is 8.16. The molecule has 6 nitrogen and oxygen atoms in total. The number of hydrogen-bond acceptors (Lipinski definition) is 5. The first-order valence-electron chi connectivity index (χ1n) is 5.14. The standard InChI is InChI=1S/C10H13BrN6/c1-17-6-15-16-9(17)2-3-13-10-8(12)4-7(11)5-14-10/h4-6H,2-3,12H2,1H3,(H,13,14). The van der Waals surface area contributed by atoms with E-state index in [0.717, 1.165) is 16.7 Å². The lowest BCUT2D eigenvalue weighted by atomic mass is 10.3. The largest absolute Gasteiger partial charge is 0.396 e. The number of aromatic nitrogens is 4. The molecule has 0 bridgehead atoms. The fourth-order valence-electron chi connectivity index (χ4n) is 1.43. The van der Waals surface area contributed by atoms with E-state index in [1.807, 2.05) is 17.7 Å². The highest BCUT2D eigenvalue weighted by Gasteiger charge is 2.03. The molecule has 0 atom stereocenters. The number of nitrogen functional groups attached to an aromatic ring is 1. The minimum atomic E-state index is 0.623. The van der Waals surface area contributed by atoms with E-state index in [-0.39, 0.29) is 0 Å². The number of anilines is 2. The van der Waals surface area contributed by atoms with Crippen molar-refractivity contribution in [1.29, 1.82) is 0 Å². The van der Waals surface area contributed by atoms with E-state index in [2.05, 4.69) is 36.4 Å². The molecule has 0 fully saturated rings. The van der Waals surface area contributed by atoms with Crippen LogP contribution in [0.5, 0.6) is 0 Å². The molecule has 3 N–H and O–H groups in total. The van der Waals surface area contributed by atoms with Crippen LogP contribution in [0.3, 0.4) is 0 Å². The number of halogens is 1. The lowest BCUT2D eigenvalue weighted by Crippen LogP contribution is -2.11. The van der Waals surface area contributed by atoms with Gasteiger partial charge in [0.2, 0.25) is 0 Å². The summed E-state index contributed by atoms with van der Waals surface area (Å²) in [4.78, 5) is 4.19. The molecule has 0 aliphatic heterocycles. The van der Waals surface area contributed by atoms with Gasteiger partial charge in [-0.1, -0.05) is 0 Å². The maximum Gasteiger partial charge on any atom is 0.149 e. The molecular formula is C10H13BrN6. The molecule has 2 aromatic heterocycles. The average Bonchev–Trinajstić information content (AvgIpc) is 2.68. The fraction of sp³-hybridized carbons (Fsp3) is 0.300. The Morgan fingerprint density at radius 1 is 1.53 bits per heavy atom. The molecule has 7 heteroatoms. The average molecular weight is 297 g/mol. The SMILES string of the molecule is Cn1cnnc1CCNc1ncc(Br)cc1N. The number of nitrogens with one attached hydrogen (secondary N) is 1. The summed E-state index contributed by atoms with van der Waals surface area (Å²) in [6, 6.07) is 1.82. The monoisotopic (exact) mass is 296 g/mol. The van der Waals surface area contributed by atoms with Gasteiger partial charge in [-0.25, -0.2) is 4.98 Å². The van der Waals surface area contributed by atoms with Crippen molar-refractivity contribution >= 4 is 27.4 Å². The van der Waals surface area contributed by atoms with Gasteiger partial charge in [0.1, 0.15) is 18.0 Å². The van der Waals surface area contributed by atoms with Gasteiger partial charge in [-0.2, -0.15) is 0 Å². The quantitative estimate of drug-likeness (QED) is 0.886. The highest BCUT2D eigenvalue weighted by Crippen LogP contribution is 2.19. The molecule has 90 valence electrons. The summed E-state index contributed by atoms with van der Waals surface area (Å²) in [7, 11) is 1.92. The van der Waals surface area contributed by atoms with E-state index >= 15 is 0 Å². The summed E-state index contributed by atoms with van der Waals surface area (Å²) < 4.78 is 2.76. The minimum absolute atomic E-state index is 0.623. The Balaban J connectivity index is 1.92. The van der Waals surface area contributed by atoms with Gasteiger partial charge >= 0.3 is 0 Å². The number of aryl methyl sites for hydroxylation is 1. The summed E-state index contributed by atoms with van der Waals surface area (Å²) in [6.45, 7) is 0.714. The van der Waals surface area contributed by atoms with Crippen LogP contribution >= 0.6 is 15.9 Å². The zero-order valence-electron chi connectivity index (χ0n) is 9.39. The molecule has 0 unspecified atom stereocenters. The Morgan fingerprint density at radius 2 is 2.35 bits per heavy atom. The van der Waals surface area contributed by atoms with Crippen LogP contribution in [0.15, 0.2) is 23.1 Å². The number of nitrogens with zero attached hydrogens (tertiary/aromatic N) is 4. The minimum Gasteiger partial charge on any atom is -0.396 e. The Hall–Kier alpha value is -1.63. The molecule has 0 saturated heterocycles. The van der Waals surface area contributed by atoms with Gasteiger partial charge in [0, 0.05) is 30.7 Å². The van der Waals surface area contributed by atoms with Crippen LogP contribution in [0.2, 0.25) is 0 Å². The van der Waals surface area contributed by atoms with Gasteiger partial charge in [0.25, 0.3) is 0 Å².